The number of ether oxygens (including phenoxy) is 3. The lowest BCUT2D eigenvalue weighted by atomic mass is 10.1. The van der Waals surface area contributed by atoms with Crippen molar-refractivity contribution in [3.63, 3.8) is 0 Å². The molecule has 0 unspecified atom stereocenters. The summed E-state index contributed by atoms with van der Waals surface area (Å²) >= 11 is 0. The second-order valence-electron chi connectivity index (χ2n) is 6.19. The van der Waals surface area contributed by atoms with Crippen molar-refractivity contribution in [2.45, 2.75) is 32.9 Å². The van der Waals surface area contributed by atoms with Gasteiger partial charge < -0.3 is 24.4 Å². The number of fused-ring (bicyclic) bond motifs is 1. The Bertz CT molecular complexity index is 552. The first-order chi connectivity index (χ1) is 10.3. The van der Waals surface area contributed by atoms with Crippen molar-refractivity contribution in [3.8, 4) is 11.5 Å². The maximum atomic E-state index is 12.3. The van der Waals surface area contributed by atoms with Crippen LogP contribution in [-0.2, 0) is 11.3 Å². The van der Waals surface area contributed by atoms with Crippen molar-refractivity contribution < 1.29 is 19.0 Å². The molecule has 6 nitrogen and oxygen atoms in total. The SMILES string of the molecule is COc1cc2c(cc1OC)NCCN(C(=O)OC(C)(C)C)C2. The van der Waals surface area contributed by atoms with Gasteiger partial charge in [0.05, 0.1) is 20.8 Å². The molecule has 0 atom stereocenters. The zero-order valence-corrected chi connectivity index (χ0v) is 13.9. The Morgan fingerprint density at radius 1 is 1.18 bits per heavy atom. The van der Waals surface area contributed by atoms with Gasteiger partial charge in [-0.05, 0) is 32.4 Å². The summed E-state index contributed by atoms with van der Waals surface area (Å²) in [6.07, 6.45) is -0.308. The minimum Gasteiger partial charge on any atom is -0.493 e. The average molecular weight is 308 g/mol. The monoisotopic (exact) mass is 308 g/mol. The Morgan fingerprint density at radius 2 is 1.82 bits per heavy atom. The molecule has 22 heavy (non-hydrogen) atoms. The fraction of sp³-hybridized carbons (Fsp3) is 0.562. The molecule has 0 radical (unpaired) electrons. The topological polar surface area (TPSA) is 60.0 Å². The fourth-order valence-electron chi connectivity index (χ4n) is 2.31. The van der Waals surface area contributed by atoms with Gasteiger partial charge in [0, 0.05) is 24.8 Å². The molecule has 1 N–H and O–H groups in total. The van der Waals surface area contributed by atoms with E-state index in [-0.39, 0.29) is 6.09 Å². The number of rotatable bonds is 2. The summed E-state index contributed by atoms with van der Waals surface area (Å²) in [4.78, 5) is 14.0. The van der Waals surface area contributed by atoms with E-state index < -0.39 is 5.60 Å². The number of benzene rings is 1. The zero-order chi connectivity index (χ0) is 16.3. The first-order valence-electron chi connectivity index (χ1n) is 7.30. The van der Waals surface area contributed by atoms with Gasteiger partial charge in [0.15, 0.2) is 11.5 Å². The van der Waals surface area contributed by atoms with Crippen LogP contribution >= 0.6 is 0 Å². The second kappa shape index (κ2) is 6.34. The molecule has 1 aliphatic rings. The molecule has 0 saturated carbocycles. The molecule has 0 bridgehead atoms. The smallest absolute Gasteiger partial charge is 0.410 e. The van der Waals surface area contributed by atoms with E-state index in [9.17, 15) is 4.79 Å². The maximum absolute atomic E-state index is 12.3. The van der Waals surface area contributed by atoms with Crippen LogP contribution in [0, 0.1) is 0 Å². The maximum Gasteiger partial charge on any atom is 0.410 e. The molecule has 1 aromatic carbocycles. The number of nitrogens with one attached hydrogen (secondary N) is 1. The molecule has 1 aromatic rings. The minimum atomic E-state index is -0.503. The third kappa shape index (κ3) is 3.75. The Hall–Kier alpha value is -2.11. The Morgan fingerprint density at radius 3 is 2.41 bits per heavy atom. The van der Waals surface area contributed by atoms with Gasteiger partial charge in [-0.25, -0.2) is 4.79 Å². The zero-order valence-electron chi connectivity index (χ0n) is 13.9. The van der Waals surface area contributed by atoms with Crippen LogP contribution in [0.3, 0.4) is 0 Å². The van der Waals surface area contributed by atoms with Crippen LogP contribution in [0.1, 0.15) is 26.3 Å². The molecular weight excluding hydrogens is 284 g/mol. The lowest BCUT2D eigenvalue weighted by Gasteiger charge is -2.26. The highest BCUT2D eigenvalue weighted by Gasteiger charge is 2.25. The summed E-state index contributed by atoms with van der Waals surface area (Å²) in [6.45, 7) is 7.29. The predicted octanol–water partition coefficient (Wildman–Crippen LogP) is 2.87. The van der Waals surface area contributed by atoms with Crippen LogP contribution in [0.5, 0.6) is 11.5 Å². The normalized spacial score (nSPS) is 14.5. The second-order valence-corrected chi connectivity index (χ2v) is 6.19. The van der Waals surface area contributed by atoms with Crippen molar-refractivity contribution in [3.05, 3.63) is 17.7 Å². The van der Waals surface area contributed by atoms with Gasteiger partial charge in [0.25, 0.3) is 0 Å². The number of nitrogens with zero attached hydrogens (tertiary/aromatic N) is 1. The third-order valence-electron chi connectivity index (χ3n) is 3.32. The summed E-state index contributed by atoms with van der Waals surface area (Å²) in [7, 11) is 3.20. The van der Waals surface area contributed by atoms with Gasteiger partial charge in [-0.3, -0.25) is 0 Å². The van der Waals surface area contributed by atoms with Crippen LogP contribution < -0.4 is 14.8 Å². The number of carbonyl (C=O) groups excluding carboxylic acids is 1. The van der Waals surface area contributed by atoms with E-state index in [1.807, 2.05) is 32.9 Å². The van der Waals surface area contributed by atoms with Gasteiger partial charge in [0.2, 0.25) is 0 Å². The highest BCUT2D eigenvalue weighted by molar-refractivity contribution is 5.70. The number of methoxy groups -OCH3 is 2. The van der Waals surface area contributed by atoms with Gasteiger partial charge in [-0.2, -0.15) is 0 Å². The van der Waals surface area contributed by atoms with Crippen LogP contribution in [-0.4, -0.2) is 43.9 Å². The number of anilines is 1. The largest absolute Gasteiger partial charge is 0.493 e. The molecule has 1 aliphatic heterocycles. The highest BCUT2D eigenvalue weighted by atomic mass is 16.6. The Labute approximate surface area is 131 Å². The Kier molecular flexibility index (Phi) is 4.68. The van der Waals surface area contributed by atoms with Crippen molar-refractivity contribution in [1.82, 2.24) is 4.90 Å². The van der Waals surface area contributed by atoms with Crippen molar-refractivity contribution >= 4 is 11.8 Å². The van der Waals surface area contributed by atoms with Crippen molar-refractivity contribution in [2.24, 2.45) is 0 Å². The highest BCUT2D eigenvalue weighted by Crippen LogP contribution is 2.34. The van der Waals surface area contributed by atoms with Crippen molar-refractivity contribution in [2.75, 3.05) is 32.6 Å². The van der Waals surface area contributed by atoms with E-state index in [0.717, 1.165) is 11.3 Å². The lowest BCUT2D eigenvalue weighted by Crippen LogP contribution is -2.37. The van der Waals surface area contributed by atoms with Crippen molar-refractivity contribution in [1.29, 1.82) is 0 Å². The van der Waals surface area contributed by atoms with E-state index in [1.54, 1.807) is 19.1 Å². The molecule has 0 aliphatic carbocycles. The molecule has 0 saturated heterocycles. The van der Waals surface area contributed by atoms with Gasteiger partial charge in [0.1, 0.15) is 5.60 Å². The predicted molar refractivity (Wildman–Crippen MR) is 84.7 cm³/mol. The van der Waals surface area contributed by atoms with Crippen LogP contribution in [0.2, 0.25) is 0 Å². The molecule has 1 amide bonds. The van der Waals surface area contributed by atoms with Crippen LogP contribution in [0.4, 0.5) is 10.5 Å². The molecule has 122 valence electrons. The summed E-state index contributed by atoms with van der Waals surface area (Å²) in [5.74, 6) is 1.31. The lowest BCUT2D eigenvalue weighted by molar-refractivity contribution is 0.0245. The quantitative estimate of drug-likeness (QED) is 0.910. The molecular formula is C16H24N2O4. The van der Waals surface area contributed by atoms with E-state index in [1.165, 1.54) is 0 Å². The number of carbonyl (C=O) groups is 1. The summed E-state index contributed by atoms with van der Waals surface area (Å²) in [6, 6.07) is 3.79. The Balaban J connectivity index is 2.24. The van der Waals surface area contributed by atoms with Gasteiger partial charge in [-0.1, -0.05) is 0 Å². The first-order valence-corrected chi connectivity index (χ1v) is 7.30. The molecule has 2 rings (SSSR count). The minimum absolute atomic E-state index is 0.308. The first kappa shape index (κ1) is 16.3. The number of hydrogen-bond donors (Lipinski definition) is 1. The summed E-state index contributed by atoms with van der Waals surface area (Å²) < 4.78 is 16.1. The number of hydrogen-bond acceptors (Lipinski definition) is 5. The molecule has 0 aromatic heterocycles. The van der Waals surface area contributed by atoms with Crippen LogP contribution in [0.25, 0.3) is 0 Å². The van der Waals surface area contributed by atoms with E-state index in [0.29, 0.717) is 31.1 Å². The third-order valence-corrected chi connectivity index (χ3v) is 3.32. The fourth-order valence-corrected chi connectivity index (χ4v) is 2.31. The van der Waals surface area contributed by atoms with E-state index >= 15 is 0 Å². The van der Waals surface area contributed by atoms with Gasteiger partial charge >= 0.3 is 6.09 Å². The molecule has 1 heterocycles. The summed E-state index contributed by atoms with van der Waals surface area (Å²) in [5, 5.41) is 3.31. The standard InChI is InChI=1S/C16H24N2O4/c1-16(2,3)22-15(19)18-7-6-17-12-9-14(21-5)13(20-4)8-11(12)10-18/h8-9,17H,6-7,10H2,1-5H3. The molecule has 0 spiro atoms. The summed E-state index contributed by atoms with van der Waals surface area (Å²) in [5.41, 5.74) is 1.42. The van der Waals surface area contributed by atoms with E-state index in [2.05, 4.69) is 5.32 Å². The van der Waals surface area contributed by atoms with Crippen LogP contribution in [0.15, 0.2) is 12.1 Å². The molecule has 6 heteroatoms. The van der Waals surface area contributed by atoms with Gasteiger partial charge in [-0.15, -0.1) is 0 Å². The number of amides is 1. The average Bonchev–Trinajstić information content (AvgIpc) is 2.65. The van der Waals surface area contributed by atoms with E-state index in [4.69, 9.17) is 14.2 Å². The molecule has 0 fully saturated rings.